The molecule has 2 saturated carbocycles. The van der Waals surface area contributed by atoms with Crippen molar-refractivity contribution in [2.45, 2.75) is 79.3 Å². The molecule has 0 aliphatic heterocycles. The Labute approximate surface area is 130 Å². The first-order valence-corrected chi connectivity index (χ1v) is 8.63. The van der Waals surface area contributed by atoms with Crippen molar-refractivity contribution in [3.05, 3.63) is 0 Å². The fourth-order valence-electron chi connectivity index (χ4n) is 4.71. The zero-order valence-corrected chi connectivity index (χ0v) is 15.0. The minimum absolute atomic E-state index is 0.109. The van der Waals surface area contributed by atoms with E-state index in [2.05, 4.69) is 46.9 Å². The molecule has 1 N–H and O–H groups in total. The molecule has 2 aliphatic carbocycles. The third-order valence-corrected chi connectivity index (χ3v) is 6.89. The molecular formula is C18H34N2O. The van der Waals surface area contributed by atoms with Gasteiger partial charge in [-0.2, -0.15) is 0 Å². The number of rotatable bonds is 4. The fraction of sp³-hybridized carbons (Fsp3) is 0.944. The smallest absolute Gasteiger partial charge is 0.317 e. The second-order valence-electron chi connectivity index (χ2n) is 8.70. The molecule has 0 radical (unpaired) electrons. The van der Waals surface area contributed by atoms with E-state index >= 15 is 0 Å². The molecule has 0 unspecified atom stereocenters. The van der Waals surface area contributed by atoms with Crippen LogP contribution in [0.1, 0.15) is 67.2 Å². The van der Waals surface area contributed by atoms with Crippen LogP contribution in [0.15, 0.2) is 0 Å². The molecule has 2 bridgehead atoms. The van der Waals surface area contributed by atoms with E-state index in [9.17, 15) is 4.79 Å². The molecular weight excluding hydrogens is 260 g/mol. The lowest BCUT2D eigenvalue weighted by Gasteiger charge is -2.40. The number of hydrogen-bond donors (Lipinski definition) is 1. The van der Waals surface area contributed by atoms with Crippen LogP contribution >= 0.6 is 0 Å². The monoisotopic (exact) mass is 294 g/mol. The van der Waals surface area contributed by atoms with Crippen molar-refractivity contribution in [2.24, 2.45) is 22.7 Å². The zero-order chi connectivity index (χ0) is 16.0. The van der Waals surface area contributed by atoms with Gasteiger partial charge in [0.1, 0.15) is 0 Å². The average Bonchev–Trinajstić information content (AvgIpc) is 2.70. The molecule has 3 nitrogen and oxygen atoms in total. The van der Waals surface area contributed by atoms with Gasteiger partial charge in [0.25, 0.3) is 0 Å². The summed E-state index contributed by atoms with van der Waals surface area (Å²) in [5.74, 6) is 1.39. The molecule has 2 amide bonds. The van der Waals surface area contributed by atoms with Gasteiger partial charge in [-0.1, -0.05) is 34.6 Å². The van der Waals surface area contributed by atoms with Gasteiger partial charge in [0.2, 0.25) is 0 Å². The van der Waals surface area contributed by atoms with Gasteiger partial charge in [0.05, 0.1) is 0 Å². The highest BCUT2D eigenvalue weighted by atomic mass is 16.2. The Morgan fingerprint density at radius 2 is 1.90 bits per heavy atom. The summed E-state index contributed by atoms with van der Waals surface area (Å²) < 4.78 is 0. The summed E-state index contributed by atoms with van der Waals surface area (Å²) >= 11 is 0. The van der Waals surface area contributed by atoms with E-state index in [1.165, 1.54) is 12.8 Å². The molecule has 0 aromatic carbocycles. The Morgan fingerprint density at radius 3 is 2.33 bits per heavy atom. The average molecular weight is 294 g/mol. The highest BCUT2D eigenvalue weighted by Crippen LogP contribution is 2.65. The first kappa shape index (κ1) is 16.6. The number of carbonyl (C=O) groups excluding carboxylic acids is 1. The van der Waals surface area contributed by atoms with Gasteiger partial charge in [0.15, 0.2) is 0 Å². The van der Waals surface area contributed by atoms with E-state index in [0.29, 0.717) is 23.4 Å². The first-order valence-electron chi connectivity index (χ1n) is 8.63. The Kier molecular flexibility index (Phi) is 4.34. The molecule has 2 fully saturated rings. The standard InChI is InChI=1S/C18H34N2O/c1-12(2)10-13(3)20(7)16(21)19-15-11-14-8-9-18(15,6)17(14,4)5/h12-15H,8-11H2,1-7H3,(H,19,21)/t13-,14-,15-,18-/m1/s1. The predicted octanol–water partition coefficient (Wildman–Crippen LogP) is 4.28. The second kappa shape index (κ2) is 5.48. The number of urea groups is 1. The molecule has 122 valence electrons. The quantitative estimate of drug-likeness (QED) is 0.824. The summed E-state index contributed by atoms with van der Waals surface area (Å²) in [6.45, 7) is 13.7. The summed E-state index contributed by atoms with van der Waals surface area (Å²) in [7, 11) is 1.93. The molecule has 0 aromatic rings. The van der Waals surface area contributed by atoms with Crippen LogP contribution in [0.2, 0.25) is 0 Å². The van der Waals surface area contributed by atoms with Crippen molar-refractivity contribution in [2.75, 3.05) is 7.05 Å². The SMILES string of the molecule is CC(C)C[C@@H](C)N(C)C(=O)N[C@@H]1C[C@H]2CC[C@@]1(C)C2(C)C. The third kappa shape index (κ3) is 2.68. The Morgan fingerprint density at radius 1 is 1.29 bits per heavy atom. The van der Waals surface area contributed by atoms with Gasteiger partial charge in [-0.25, -0.2) is 4.79 Å². The summed E-state index contributed by atoms with van der Waals surface area (Å²) in [6.07, 6.45) is 4.79. The molecule has 0 aromatic heterocycles. The van der Waals surface area contributed by atoms with Crippen LogP contribution in [-0.2, 0) is 0 Å². The predicted molar refractivity (Wildman–Crippen MR) is 88.2 cm³/mol. The van der Waals surface area contributed by atoms with E-state index in [0.717, 1.165) is 18.8 Å². The maximum Gasteiger partial charge on any atom is 0.317 e. The number of nitrogens with zero attached hydrogens (tertiary/aromatic N) is 1. The van der Waals surface area contributed by atoms with Crippen molar-refractivity contribution in [1.29, 1.82) is 0 Å². The van der Waals surface area contributed by atoms with Crippen molar-refractivity contribution >= 4 is 6.03 Å². The van der Waals surface area contributed by atoms with E-state index in [-0.39, 0.29) is 11.4 Å². The Bertz CT molecular complexity index is 404. The van der Waals surface area contributed by atoms with E-state index in [1.54, 1.807) is 0 Å². The van der Waals surface area contributed by atoms with Gasteiger partial charge >= 0.3 is 6.03 Å². The number of nitrogens with one attached hydrogen (secondary N) is 1. The molecule has 4 atom stereocenters. The van der Waals surface area contributed by atoms with Crippen LogP contribution in [0.25, 0.3) is 0 Å². The molecule has 2 rings (SSSR count). The molecule has 21 heavy (non-hydrogen) atoms. The van der Waals surface area contributed by atoms with Gasteiger partial charge in [-0.05, 0) is 55.3 Å². The van der Waals surface area contributed by atoms with E-state index in [1.807, 2.05) is 11.9 Å². The molecule has 0 spiro atoms. The van der Waals surface area contributed by atoms with Crippen molar-refractivity contribution < 1.29 is 4.79 Å². The molecule has 2 aliphatic rings. The van der Waals surface area contributed by atoms with Crippen LogP contribution in [0.4, 0.5) is 4.79 Å². The van der Waals surface area contributed by atoms with Gasteiger partial charge in [0, 0.05) is 19.1 Å². The highest BCUT2D eigenvalue weighted by Gasteiger charge is 2.61. The summed E-state index contributed by atoms with van der Waals surface area (Å²) in [6, 6.07) is 0.745. The maximum atomic E-state index is 12.6. The van der Waals surface area contributed by atoms with Gasteiger partial charge in [-0.15, -0.1) is 0 Å². The number of fused-ring (bicyclic) bond motifs is 2. The van der Waals surface area contributed by atoms with Crippen LogP contribution in [0.3, 0.4) is 0 Å². The summed E-state index contributed by atoms with van der Waals surface area (Å²) in [4.78, 5) is 14.5. The number of hydrogen-bond acceptors (Lipinski definition) is 1. The van der Waals surface area contributed by atoms with E-state index in [4.69, 9.17) is 0 Å². The molecule has 0 heterocycles. The normalized spacial score (nSPS) is 35.0. The number of amides is 2. The van der Waals surface area contributed by atoms with Crippen molar-refractivity contribution in [1.82, 2.24) is 10.2 Å². The lowest BCUT2D eigenvalue weighted by atomic mass is 9.69. The van der Waals surface area contributed by atoms with Crippen molar-refractivity contribution in [3.63, 3.8) is 0 Å². The van der Waals surface area contributed by atoms with Crippen LogP contribution in [0.5, 0.6) is 0 Å². The maximum absolute atomic E-state index is 12.6. The third-order valence-electron chi connectivity index (χ3n) is 6.89. The largest absolute Gasteiger partial charge is 0.335 e. The fourth-order valence-corrected chi connectivity index (χ4v) is 4.71. The first-order chi connectivity index (χ1) is 9.59. The minimum atomic E-state index is 0.109. The van der Waals surface area contributed by atoms with Crippen LogP contribution in [0, 0.1) is 22.7 Å². The zero-order valence-electron chi connectivity index (χ0n) is 15.0. The Balaban J connectivity index is 1.98. The second-order valence-corrected chi connectivity index (χ2v) is 8.70. The lowest BCUT2D eigenvalue weighted by Crippen LogP contribution is -2.52. The topological polar surface area (TPSA) is 32.3 Å². The van der Waals surface area contributed by atoms with Gasteiger partial charge in [-0.3, -0.25) is 0 Å². The Hall–Kier alpha value is -0.730. The lowest BCUT2D eigenvalue weighted by molar-refractivity contribution is 0.116. The summed E-state index contributed by atoms with van der Waals surface area (Å²) in [5.41, 5.74) is 0.614. The molecule has 3 heteroatoms. The molecule has 0 saturated heterocycles. The highest BCUT2D eigenvalue weighted by molar-refractivity contribution is 5.74. The van der Waals surface area contributed by atoms with E-state index < -0.39 is 0 Å². The minimum Gasteiger partial charge on any atom is -0.335 e. The van der Waals surface area contributed by atoms with Crippen molar-refractivity contribution in [3.8, 4) is 0 Å². The number of carbonyl (C=O) groups is 1. The van der Waals surface area contributed by atoms with Crippen LogP contribution in [-0.4, -0.2) is 30.1 Å². The van der Waals surface area contributed by atoms with Crippen LogP contribution < -0.4 is 5.32 Å². The summed E-state index contributed by atoms with van der Waals surface area (Å²) in [5, 5.41) is 3.35. The van der Waals surface area contributed by atoms with Gasteiger partial charge < -0.3 is 10.2 Å².